The average Bonchev–Trinajstić information content (AvgIpc) is 3.09. The van der Waals surface area contributed by atoms with Crippen LogP contribution in [0.1, 0.15) is 16.7 Å². The van der Waals surface area contributed by atoms with E-state index < -0.39 is 0 Å². The fraction of sp³-hybridized carbons (Fsp3) is 0.111. The van der Waals surface area contributed by atoms with Crippen LogP contribution in [-0.4, -0.2) is 11.3 Å². The summed E-state index contributed by atoms with van der Waals surface area (Å²) in [5, 5.41) is 2.66. The molecular weight excluding hydrogens is 365 g/mol. The third-order valence-electron chi connectivity index (χ3n) is 6.86. The summed E-state index contributed by atoms with van der Waals surface area (Å²) in [6.45, 7) is 6.75. The lowest BCUT2D eigenvalue weighted by atomic mass is 9.34. The molecule has 0 bridgehead atoms. The molecule has 0 amide bonds. The summed E-state index contributed by atoms with van der Waals surface area (Å²) in [6, 6.07) is 24.5. The standard InChI is InChI=1S/C27H20BNO/c1-15-8-10-22-19(12-15)28-20-13-16(2)9-11-23(20)30-24-14-17(3)25-18-6-4-5-7-21(18)29(22)27(25)26(24)28/h4-14H,1-3H3. The first-order valence-electron chi connectivity index (χ1n) is 10.6. The SMILES string of the molecule is Cc1ccc2c(c1)B1c3cc(C)ccc3-n3c4ccccc4c4c(C)cc(c1c43)O2. The molecule has 0 fully saturated rings. The van der Waals surface area contributed by atoms with Gasteiger partial charge in [-0.1, -0.05) is 53.6 Å². The molecule has 2 aliphatic rings. The second-order valence-corrected chi connectivity index (χ2v) is 8.82. The van der Waals surface area contributed by atoms with Gasteiger partial charge in [-0.15, -0.1) is 0 Å². The number of fused-ring (bicyclic) bond motifs is 8. The molecule has 30 heavy (non-hydrogen) atoms. The molecule has 0 atom stereocenters. The van der Waals surface area contributed by atoms with Crippen molar-refractivity contribution in [2.45, 2.75) is 20.8 Å². The predicted octanol–water partition coefficient (Wildman–Crippen LogP) is 4.64. The highest BCUT2D eigenvalue weighted by molar-refractivity contribution is 6.99. The summed E-state index contributed by atoms with van der Waals surface area (Å²) in [5.41, 5.74) is 11.6. The fourth-order valence-electron chi connectivity index (χ4n) is 5.66. The average molecular weight is 385 g/mol. The number of aryl methyl sites for hydroxylation is 3. The molecule has 3 heteroatoms. The fourth-order valence-corrected chi connectivity index (χ4v) is 5.66. The molecule has 0 radical (unpaired) electrons. The van der Waals surface area contributed by atoms with E-state index in [9.17, 15) is 0 Å². The zero-order chi connectivity index (χ0) is 20.1. The van der Waals surface area contributed by atoms with Gasteiger partial charge in [0.2, 0.25) is 0 Å². The molecule has 0 aliphatic carbocycles. The lowest BCUT2D eigenvalue weighted by Gasteiger charge is -2.33. The van der Waals surface area contributed by atoms with Gasteiger partial charge in [-0.3, -0.25) is 0 Å². The Bertz CT molecular complexity index is 1560. The van der Waals surface area contributed by atoms with Gasteiger partial charge >= 0.3 is 0 Å². The number of para-hydroxylation sites is 1. The molecule has 5 aromatic rings. The summed E-state index contributed by atoms with van der Waals surface area (Å²) in [4.78, 5) is 0. The van der Waals surface area contributed by atoms with Gasteiger partial charge in [-0.25, -0.2) is 0 Å². The van der Waals surface area contributed by atoms with Crippen LogP contribution in [0.25, 0.3) is 27.5 Å². The first kappa shape index (κ1) is 16.4. The maximum atomic E-state index is 6.51. The Morgan fingerprint density at radius 1 is 0.767 bits per heavy atom. The largest absolute Gasteiger partial charge is 0.458 e. The van der Waals surface area contributed by atoms with E-state index in [2.05, 4.69) is 92.1 Å². The van der Waals surface area contributed by atoms with Gasteiger partial charge in [0.1, 0.15) is 11.5 Å². The normalized spacial score (nSPS) is 13.4. The van der Waals surface area contributed by atoms with E-state index in [4.69, 9.17) is 4.74 Å². The van der Waals surface area contributed by atoms with Crippen molar-refractivity contribution < 1.29 is 4.74 Å². The molecule has 2 aliphatic heterocycles. The summed E-state index contributed by atoms with van der Waals surface area (Å²) in [7, 11) is 0. The first-order chi connectivity index (χ1) is 14.6. The number of nitrogens with zero attached hydrogens (tertiary/aromatic N) is 1. The monoisotopic (exact) mass is 385 g/mol. The molecular formula is C27H20BNO. The Morgan fingerprint density at radius 2 is 1.53 bits per heavy atom. The van der Waals surface area contributed by atoms with Crippen LogP contribution in [-0.2, 0) is 0 Å². The van der Waals surface area contributed by atoms with E-state index in [1.54, 1.807) is 0 Å². The van der Waals surface area contributed by atoms with E-state index in [1.165, 1.54) is 60.6 Å². The molecule has 0 N–H and O–H groups in total. The van der Waals surface area contributed by atoms with Crippen LogP contribution < -0.4 is 21.1 Å². The van der Waals surface area contributed by atoms with E-state index in [0.717, 1.165) is 11.5 Å². The molecule has 3 heterocycles. The Kier molecular flexibility index (Phi) is 2.93. The maximum Gasteiger partial charge on any atom is 0.256 e. The molecule has 4 aromatic carbocycles. The smallest absolute Gasteiger partial charge is 0.256 e. The zero-order valence-electron chi connectivity index (χ0n) is 17.3. The second kappa shape index (κ2) is 5.37. The van der Waals surface area contributed by atoms with Gasteiger partial charge < -0.3 is 9.30 Å². The van der Waals surface area contributed by atoms with Gasteiger partial charge in [-0.05, 0) is 67.0 Å². The van der Waals surface area contributed by atoms with Crippen molar-refractivity contribution in [2.75, 3.05) is 0 Å². The van der Waals surface area contributed by atoms with Crippen LogP contribution in [0.3, 0.4) is 0 Å². The molecule has 0 spiro atoms. The number of hydrogen-bond donors (Lipinski definition) is 0. The number of hydrogen-bond acceptors (Lipinski definition) is 1. The van der Waals surface area contributed by atoms with Crippen LogP contribution in [0, 0.1) is 20.8 Å². The molecule has 142 valence electrons. The molecule has 2 nitrogen and oxygen atoms in total. The van der Waals surface area contributed by atoms with Gasteiger partial charge in [-0.2, -0.15) is 0 Å². The van der Waals surface area contributed by atoms with Crippen molar-refractivity contribution in [3.05, 3.63) is 83.4 Å². The van der Waals surface area contributed by atoms with Gasteiger partial charge in [0, 0.05) is 16.5 Å². The quantitative estimate of drug-likeness (QED) is 0.347. The lowest BCUT2D eigenvalue weighted by molar-refractivity contribution is 0.487. The topological polar surface area (TPSA) is 14.2 Å². The van der Waals surface area contributed by atoms with E-state index in [0.29, 0.717) is 0 Å². The summed E-state index contributed by atoms with van der Waals surface area (Å²) in [6.07, 6.45) is 0. The molecule has 0 unspecified atom stereocenters. The minimum absolute atomic E-state index is 0.193. The highest BCUT2D eigenvalue weighted by Gasteiger charge is 2.40. The van der Waals surface area contributed by atoms with Crippen molar-refractivity contribution in [1.29, 1.82) is 0 Å². The summed E-state index contributed by atoms with van der Waals surface area (Å²) < 4.78 is 8.97. The van der Waals surface area contributed by atoms with E-state index in [1.807, 2.05) is 0 Å². The van der Waals surface area contributed by atoms with Crippen molar-refractivity contribution in [1.82, 2.24) is 4.57 Å². The maximum absolute atomic E-state index is 6.51. The van der Waals surface area contributed by atoms with Crippen LogP contribution in [0.4, 0.5) is 0 Å². The van der Waals surface area contributed by atoms with Crippen molar-refractivity contribution >= 4 is 44.9 Å². The van der Waals surface area contributed by atoms with Gasteiger partial charge in [0.25, 0.3) is 6.71 Å². The van der Waals surface area contributed by atoms with Crippen molar-refractivity contribution in [2.24, 2.45) is 0 Å². The highest BCUT2D eigenvalue weighted by Crippen LogP contribution is 2.40. The van der Waals surface area contributed by atoms with Crippen LogP contribution in [0.2, 0.25) is 0 Å². The Labute approximate surface area is 175 Å². The van der Waals surface area contributed by atoms with E-state index >= 15 is 0 Å². The third kappa shape index (κ3) is 1.86. The number of rotatable bonds is 0. The first-order valence-corrected chi connectivity index (χ1v) is 10.6. The van der Waals surface area contributed by atoms with E-state index in [-0.39, 0.29) is 6.71 Å². The Hall–Kier alpha value is -3.46. The summed E-state index contributed by atoms with van der Waals surface area (Å²) >= 11 is 0. The Morgan fingerprint density at radius 3 is 2.40 bits per heavy atom. The number of ether oxygens (including phenoxy) is 1. The van der Waals surface area contributed by atoms with Crippen LogP contribution in [0.5, 0.6) is 11.5 Å². The zero-order valence-corrected chi connectivity index (χ0v) is 17.3. The number of aromatic nitrogens is 1. The lowest BCUT2D eigenvalue weighted by Crippen LogP contribution is -2.58. The molecule has 1 aromatic heterocycles. The van der Waals surface area contributed by atoms with Crippen molar-refractivity contribution in [3.63, 3.8) is 0 Å². The summed E-state index contributed by atoms with van der Waals surface area (Å²) in [5.74, 6) is 1.98. The molecule has 7 rings (SSSR count). The second-order valence-electron chi connectivity index (χ2n) is 8.82. The highest BCUT2D eigenvalue weighted by atomic mass is 16.5. The molecule has 0 saturated carbocycles. The molecule has 0 saturated heterocycles. The minimum Gasteiger partial charge on any atom is -0.458 e. The van der Waals surface area contributed by atoms with Crippen LogP contribution >= 0.6 is 0 Å². The van der Waals surface area contributed by atoms with Gasteiger partial charge in [0.15, 0.2) is 0 Å². The third-order valence-corrected chi connectivity index (χ3v) is 6.86. The van der Waals surface area contributed by atoms with Crippen LogP contribution in [0.15, 0.2) is 66.7 Å². The minimum atomic E-state index is 0.193. The Balaban J connectivity index is 1.77. The van der Waals surface area contributed by atoms with Crippen molar-refractivity contribution in [3.8, 4) is 17.2 Å². The predicted molar refractivity (Wildman–Crippen MR) is 126 cm³/mol. The van der Waals surface area contributed by atoms with Gasteiger partial charge in [0.05, 0.1) is 11.0 Å². The number of benzene rings is 4.